The van der Waals surface area contributed by atoms with Crippen molar-refractivity contribution in [3.05, 3.63) is 79.4 Å². The molecule has 0 fully saturated rings. The van der Waals surface area contributed by atoms with Crippen molar-refractivity contribution in [3.8, 4) is 17.0 Å². The lowest BCUT2D eigenvalue weighted by atomic mass is 10.1. The third-order valence-electron chi connectivity index (χ3n) is 3.43. The Labute approximate surface area is 153 Å². The van der Waals surface area contributed by atoms with E-state index in [1.54, 1.807) is 0 Å². The summed E-state index contributed by atoms with van der Waals surface area (Å²) in [5, 5.41) is 0.330. The summed E-state index contributed by atoms with van der Waals surface area (Å²) in [7, 11) is 0. The van der Waals surface area contributed by atoms with Crippen LogP contribution in [0.5, 0.6) is 0 Å². The van der Waals surface area contributed by atoms with E-state index in [1.807, 2.05) is 0 Å². The highest BCUT2D eigenvalue weighted by atomic mass is 35.5. The molecule has 2 aromatic carbocycles. The minimum Gasteiger partial charge on any atom is -0.263 e. The van der Waals surface area contributed by atoms with Gasteiger partial charge in [0.25, 0.3) is 0 Å². The molecule has 0 amide bonds. The molecule has 134 valence electrons. The van der Waals surface area contributed by atoms with Crippen molar-refractivity contribution in [2.45, 2.75) is 6.18 Å². The van der Waals surface area contributed by atoms with Gasteiger partial charge in [-0.3, -0.25) is 4.79 Å². The molecule has 26 heavy (non-hydrogen) atoms. The Kier molecular flexibility index (Phi) is 4.64. The van der Waals surface area contributed by atoms with Crippen molar-refractivity contribution in [1.29, 1.82) is 0 Å². The summed E-state index contributed by atoms with van der Waals surface area (Å²) in [5.74, 6) is -0.313. The molecule has 5 nitrogen and oxygen atoms in total. The maximum atomic E-state index is 12.8. The lowest BCUT2D eigenvalue weighted by molar-refractivity contribution is -0.775. The number of alkyl halides is 3. The Morgan fingerprint density at radius 3 is 2.35 bits per heavy atom. The van der Waals surface area contributed by atoms with Gasteiger partial charge in [-0.2, -0.15) is 17.7 Å². The molecule has 0 radical (unpaired) electrons. The molecule has 0 spiro atoms. The molecule has 0 bridgehead atoms. The standard InChI is InChI=1S/C16H8Cl2F3N2O3/c17-12-5-4-11(7-13(12)18)22-15(24)8-14(26-23(22)25)9-2-1-3-10(6-9)16(19,20)21/h1-8H/q+1. The van der Waals surface area contributed by atoms with Crippen molar-refractivity contribution in [2.24, 2.45) is 0 Å². The van der Waals surface area contributed by atoms with Gasteiger partial charge in [0, 0.05) is 10.2 Å². The largest absolute Gasteiger partial charge is 0.416 e. The molecule has 1 heterocycles. The second-order valence-electron chi connectivity index (χ2n) is 5.16. The Morgan fingerprint density at radius 1 is 1.00 bits per heavy atom. The normalized spacial score (nSPS) is 11.6. The number of halogens is 5. The first-order valence-electron chi connectivity index (χ1n) is 7.00. The van der Waals surface area contributed by atoms with Crippen LogP contribution in [-0.2, 0) is 6.18 Å². The SMILES string of the molecule is O=c1cc(-c2cccc(C(F)(F)F)c2)o[n+](=O)n1-c1ccc(Cl)c(Cl)c1. The van der Waals surface area contributed by atoms with Crippen LogP contribution >= 0.6 is 23.2 Å². The smallest absolute Gasteiger partial charge is 0.263 e. The monoisotopic (exact) mass is 403 g/mol. The van der Waals surface area contributed by atoms with E-state index in [9.17, 15) is 22.9 Å². The fourth-order valence-corrected chi connectivity index (χ4v) is 2.52. The Bertz CT molecular complexity index is 1080. The van der Waals surface area contributed by atoms with Gasteiger partial charge < -0.3 is 0 Å². The number of rotatable bonds is 2. The molecular weight excluding hydrogens is 396 g/mol. The van der Waals surface area contributed by atoms with Crippen molar-refractivity contribution in [3.63, 3.8) is 0 Å². The predicted octanol–water partition coefficient (Wildman–Crippen LogP) is 4.34. The quantitative estimate of drug-likeness (QED) is 0.639. The molecule has 0 saturated carbocycles. The highest BCUT2D eigenvalue weighted by Crippen LogP contribution is 2.31. The average Bonchev–Trinajstić information content (AvgIpc) is 2.57. The zero-order valence-electron chi connectivity index (χ0n) is 12.6. The number of hydrogen-bond acceptors (Lipinski definition) is 3. The van der Waals surface area contributed by atoms with E-state index in [0.29, 0.717) is 4.68 Å². The molecule has 3 aromatic rings. The van der Waals surface area contributed by atoms with Gasteiger partial charge in [0.2, 0.25) is 5.76 Å². The van der Waals surface area contributed by atoms with Gasteiger partial charge in [0.15, 0.2) is 0 Å². The molecular formula is C16H8Cl2F3N2O3+. The van der Waals surface area contributed by atoms with Crippen LogP contribution in [0, 0.1) is 4.91 Å². The van der Waals surface area contributed by atoms with E-state index in [4.69, 9.17) is 27.7 Å². The summed E-state index contributed by atoms with van der Waals surface area (Å²) in [6.07, 6.45) is -4.57. The number of aromatic nitrogens is 2. The highest BCUT2D eigenvalue weighted by molar-refractivity contribution is 6.42. The molecule has 10 heteroatoms. The van der Waals surface area contributed by atoms with E-state index < -0.39 is 17.3 Å². The lowest BCUT2D eigenvalue weighted by Gasteiger charge is -2.07. The van der Waals surface area contributed by atoms with Gasteiger partial charge in [-0.1, -0.05) is 35.3 Å². The summed E-state index contributed by atoms with van der Waals surface area (Å²) >= 11 is 11.6. The topological polar surface area (TPSA) is 58.1 Å². The second-order valence-corrected chi connectivity index (χ2v) is 5.98. The molecule has 0 unspecified atom stereocenters. The maximum absolute atomic E-state index is 12.8. The van der Waals surface area contributed by atoms with Gasteiger partial charge in [-0.15, -0.1) is 0 Å². The molecule has 0 aliphatic rings. The Morgan fingerprint density at radius 2 is 1.73 bits per heavy atom. The first-order valence-corrected chi connectivity index (χ1v) is 7.76. The van der Waals surface area contributed by atoms with Gasteiger partial charge in [-0.05, 0) is 30.3 Å². The molecule has 0 N–H and O–H groups in total. The van der Waals surface area contributed by atoms with E-state index >= 15 is 0 Å². The van der Waals surface area contributed by atoms with Crippen LogP contribution in [0.15, 0.2) is 57.8 Å². The molecule has 0 aliphatic heterocycles. The number of hydrogen-bond donors (Lipinski definition) is 0. The maximum Gasteiger partial charge on any atom is 0.416 e. The summed E-state index contributed by atoms with van der Waals surface area (Å²) in [4.78, 5) is 24.4. The minimum absolute atomic E-state index is 0.0668. The zero-order chi connectivity index (χ0) is 19.1. The lowest BCUT2D eigenvalue weighted by Crippen LogP contribution is -2.39. The van der Waals surface area contributed by atoms with Crippen LogP contribution in [0.2, 0.25) is 10.0 Å². The third-order valence-corrected chi connectivity index (χ3v) is 4.16. The fraction of sp³-hybridized carbons (Fsp3) is 0.0625. The van der Waals surface area contributed by atoms with Gasteiger partial charge in [0.05, 0.1) is 21.7 Å². The van der Waals surface area contributed by atoms with Crippen LogP contribution in [0.1, 0.15) is 5.56 Å². The minimum atomic E-state index is -4.57. The molecule has 1 aromatic heterocycles. The van der Waals surface area contributed by atoms with Gasteiger partial charge in [-0.25, -0.2) is 0 Å². The van der Waals surface area contributed by atoms with Gasteiger partial charge in [0.1, 0.15) is 10.6 Å². The van der Waals surface area contributed by atoms with Gasteiger partial charge >= 0.3 is 16.5 Å². The van der Waals surface area contributed by atoms with E-state index in [0.717, 1.165) is 24.3 Å². The van der Waals surface area contributed by atoms with Crippen LogP contribution in [-0.4, -0.2) is 4.68 Å². The highest BCUT2D eigenvalue weighted by Gasteiger charge is 2.31. The van der Waals surface area contributed by atoms with Crippen molar-refractivity contribution < 1.29 is 22.4 Å². The van der Waals surface area contributed by atoms with Crippen molar-refractivity contribution >= 4 is 23.2 Å². The first-order chi connectivity index (χ1) is 12.2. The van der Waals surface area contributed by atoms with Crippen LogP contribution in [0.4, 0.5) is 13.2 Å². The average molecular weight is 404 g/mol. The summed E-state index contributed by atoms with van der Waals surface area (Å²) in [6.45, 7) is 0. The summed E-state index contributed by atoms with van der Waals surface area (Å²) in [6, 6.07) is 9.01. The van der Waals surface area contributed by atoms with Crippen LogP contribution in [0.25, 0.3) is 17.0 Å². The van der Waals surface area contributed by atoms with Crippen molar-refractivity contribution in [1.82, 2.24) is 4.68 Å². The number of benzene rings is 2. The second kappa shape index (κ2) is 6.62. The first kappa shape index (κ1) is 18.2. The number of nitrogens with zero attached hydrogens (tertiary/aromatic N) is 2. The molecule has 0 atom stereocenters. The summed E-state index contributed by atoms with van der Waals surface area (Å²) < 4.78 is 43.9. The Balaban J connectivity index is 2.13. The van der Waals surface area contributed by atoms with E-state index in [-0.39, 0.29) is 31.8 Å². The zero-order valence-corrected chi connectivity index (χ0v) is 14.1. The van der Waals surface area contributed by atoms with Crippen molar-refractivity contribution in [2.75, 3.05) is 0 Å². The van der Waals surface area contributed by atoms with Crippen LogP contribution in [0.3, 0.4) is 0 Å². The fourth-order valence-electron chi connectivity index (χ4n) is 2.23. The van der Waals surface area contributed by atoms with E-state index in [2.05, 4.69) is 0 Å². The Hall–Kier alpha value is -2.58. The molecule has 3 rings (SSSR count). The summed E-state index contributed by atoms with van der Waals surface area (Å²) in [5.41, 5.74) is -1.74. The molecule has 0 aliphatic carbocycles. The predicted molar refractivity (Wildman–Crippen MR) is 88.1 cm³/mol. The third kappa shape index (κ3) is 3.51. The molecule has 0 saturated heterocycles. The van der Waals surface area contributed by atoms with Crippen LogP contribution < -0.4 is 10.3 Å². The van der Waals surface area contributed by atoms with E-state index in [1.165, 1.54) is 24.3 Å².